The number of esters is 1. The van der Waals surface area contributed by atoms with Crippen LogP contribution in [0.2, 0.25) is 0 Å². The number of alkyl halides is 2. The predicted octanol–water partition coefficient (Wildman–Crippen LogP) is 3.33. The van der Waals surface area contributed by atoms with E-state index in [4.69, 9.17) is 4.74 Å². The maximum Gasteiger partial charge on any atom is 0.387 e. The van der Waals surface area contributed by atoms with Gasteiger partial charge < -0.3 is 9.47 Å². The van der Waals surface area contributed by atoms with Gasteiger partial charge in [-0.25, -0.2) is 4.79 Å². The van der Waals surface area contributed by atoms with E-state index in [0.29, 0.717) is 5.56 Å². The highest BCUT2D eigenvalue weighted by Crippen LogP contribution is 2.17. The van der Waals surface area contributed by atoms with Crippen molar-refractivity contribution in [3.8, 4) is 5.75 Å². The van der Waals surface area contributed by atoms with Gasteiger partial charge in [0.1, 0.15) is 5.75 Å². The zero-order valence-electron chi connectivity index (χ0n) is 15.5. The molecule has 0 saturated carbocycles. The average molecular weight is 391 g/mol. The second kappa shape index (κ2) is 9.07. The molecule has 2 rings (SSSR count). The van der Waals surface area contributed by atoms with Gasteiger partial charge in [0.25, 0.3) is 11.8 Å². The van der Waals surface area contributed by atoms with Gasteiger partial charge in [-0.15, -0.1) is 0 Å². The lowest BCUT2D eigenvalue weighted by Crippen LogP contribution is -2.34. The highest BCUT2D eigenvalue weighted by atomic mass is 19.3. The van der Waals surface area contributed by atoms with E-state index in [0.717, 1.165) is 16.7 Å². The van der Waals surface area contributed by atoms with Crippen LogP contribution in [0.25, 0.3) is 0 Å². The van der Waals surface area contributed by atoms with Gasteiger partial charge >= 0.3 is 12.6 Å². The lowest BCUT2D eigenvalue weighted by atomic mass is 10.00. The molecule has 2 aromatic rings. The van der Waals surface area contributed by atoms with Crippen LogP contribution in [0.1, 0.15) is 37.4 Å². The number of hydrogen-bond donors (Lipinski definition) is 1. The molecule has 0 aliphatic carbocycles. The number of nitrogens with one attached hydrogen (secondary N) is 1. The first-order valence-corrected chi connectivity index (χ1v) is 8.31. The first kappa shape index (κ1) is 21.0. The van der Waals surface area contributed by atoms with E-state index < -0.39 is 31.0 Å². The maximum atomic E-state index is 12.2. The SMILES string of the molecule is Cc1cc(C)c(C(=O)OCC(=O)NC(=O)c2ccc(OC(F)F)cc2)c(C)c1. The van der Waals surface area contributed by atoms with Crippen molar-refractivity contribution in [3.05, 3.63) is 64.2 Å². The monoisotopic (exact) mass is 391 g/mol. The number of carbonyl (C=O) groups is 3. The number of aryl methyl sites for hydroxylation is 3. The Morgan fingerprint density at radius 3 is 2.11 bits per heavy atom. The van der Waals surface area contributed by atoms with E-state index in [1.165, 1.54) is 24.3 Å². The van der Waals surface area contributed by atoms with E-state index in [2.05, 4.69) is 10.1 Å². The molecular formula is C20H19F2NO5. The summed E-state index contributed by atoms with van der Waals surface area (Å²) in [6.07, 6.45) is 0. The van der Waals surface area contributed by atoms with Crippen molar-refractivity contribution in [2.75, 3.05) is 6.61 Å². The summed E-state index contributed by atoms with van der Waals surface area (Å²) in [7, 11) is 0. The number of rotatable bonds is 6. The van der Waals surface area contributed by atoms with Crippen molar-refractivity contribution in [3.63, 3.8) is 0 Å². The molecule has 0 saturated heterocycles. The molecule has 8 heteroatoms. The van der Waals surface area contributed by atoms with Crippen LogP contribution in [0.4, 0.5) is 8.78 Å². The maximum absolute atomic E-state index is 12.2. The van der Waals surface area contributed by atoms with E-state index in [1.54, 1.807) is 13.8 Å². The van der Waals surface area contributed by atoms with Crippen molar-refractivity contribution in [2.24, 2.45) is 0 Å². The van der Waals surface area contributed by atoms with Crippen LogP contribution < -0.4 is 10.1 Å². The molecule has 28 heavy (non-hydrogen) atoms. The minimum atomic E-state index is -2.98. The standard InChI is InChI=1S/C20H19F2NO5/c1-11-8-12(2)17(13(3)9-11)19(26)27-10-16(24)23-18(25)14-4-6-15(7-5-14)28-20(21)22/h4-9,20H,10H2,1-3H3,(H,23,24,25). The van der Waals surface area contributed by atoms with Crippen LogP contribution in [-0.2, 0) is 9.53 Å². The molecule has 0 aliphatic heterocycles. The number of carbonyl (C=O) groups excluding carboxylic acids is 3. The summed E-state index contributed by atoms with van der Waals surface area (Å²) in [4.78, 5) is 36.1. The lowest BCUT2D eigenvalue weighted by molar-refractivity contribution is -0.123. The van der Waals surface area contributed by atoms with Crippen LogP contribution >= 0.6 is 0 Å². The Labute approximate surface area is 160 Å². The summed E-state index contributed by atoms with van der Waals surface area (Å²) in [5.41, 5.74) is 2.89. The highest BCUT2D eigenvalue weighted by Gasteiger charge is 2.17. The average Bonchev–Trinajstić information content (AvgIpc) is 2.59. The van der Waals surface area contributed by atoms with Crippen LogP contribution in [-0.4, -0.2) is 31.0 Å². The van der Waals surface area contributed by atoms with Crippen LogP contribution in [0.3, 0.4) is 0 Å². The topological polar surface area (TPSA) is 81.7 Å². The molecular weight excluding hydrogens is 372 g/mol. The molecule has 2 amide bonds. The summed E-state index contributed by atoms with van der Waals surface area (Å²) in [6.45, 7) is 1.82. The van der Waals surface area contributed by atoms with Gasteiger partial charge in [0.15, 0.2) is 6.61 Å². The second-order valence-corrected chi connectivity index (χ2v) is 6.13. The Bertz CT molecular complexity index is 871. The van der Waals surface area contributed by atoms with Crippen molar-refractivity contribution in [1.82, 2.24) is 5.32 Å². The Morgan fingerprint density at radius 2 is 1.57 bits per heavy atom. The second-order valence-electron chi connectivity index (χ2n) is 6.13. The zero-order valence-corrected chi connectivity index (χ0v) is 15.5. The fraction of sp³-hybridized carbons (Fsp3) is 0.250. The number of hydrogen-bond acceptors (Lipinski definition) is 5. The minimum Gasteiger partial charge on any atom is -0.452 e. The highest BCUT2D eigenvalue weighted by molar-refractivity contribution is 6.05. The number of benzene rings is 2. The molecule has 0 atom stereocenters. The molecule has 0 spiro atoms. The summed E-state index contributed by atoms with van der Waals surface area (Å²) < 4.78 is 33.4. The van der Waals surface area contributed by atoms with Gasteiger partial charge in [0.05, 0.1) is 5.56 Å². The number of amides is 2. The van der Waals surface area contributed by atoms with Gasteiger partial charge in [-0.2, -0.15) is 8.78 Å². The molecule has 148 valence electrons. The normalized spacial score (nSPS) is 10.5. The largest absolute Gasteiger partial charge is 0.452 e. The van der Waals surface area contributed by atoms with Crippen LogP contribution in [0, 0.1) is 20.8 Å². The quantitative estimate of drug-likeness (QED) is 0.764. The van der Waals surface area contributed by atoms with Crippen molar-refractivity contribution in [1.29, 1.82) is 0 Å². The Balaban J connectivity index is 1.91. The van der Waals surface area contributed by atoms with Gasteiger partial charge in [-0.3, -0.25) is 14.9 Å². The van der Waals surface area contributed by atoms with Crippen LogP contribution in [0.5, 0.6) is 5.75 Å². The Morgan fingerprint density at radius 1 is 1.00 bits per heavy atom. The van der Waals surface area contributed by atoms with Gasteiger partial charge in [0.2, 0.25) is 0 Å². The Hall–Kier alpha value is -3.29. The molecule has 6 nitrogen and oxygen atoms in total. The van der Waals surface area contributed by atoms with E-state index in [-0.39, 0.29) is 11.3 Å². The molecule has 0 aromatic heterocycles. The smallest absolute Gasteiger partial charge is 0.387 e. The van der Waals surface area contributed by atoms with Crippen molar-refractivity contribution in [2.45, 2.75) is 27.4 Å². The molecule has 0 fully saturated rings. The summed E-state index contributed by atoms with van der Waals surface area (Å²) >= 11 is 0. The molecule has 0 unspecified atom stereocenters. The third-order valence-electron chi connectivity index (χ3n) is 3.81. The molecule has 2 aromatic carbocycles. The molecule has 0 heterocycles. The molecule has 0 aliphatic rings. The van der Waals surface area contributed by atoms with Gasteiger partial charge in [-0.1, -0.05) is 17.7 Å². The number of halogens is 2. The van der Waals surface area contributed by atoms with Crippen LogP contribution in [0.15, 0.2) is 36.4 Å². The predicted molar refractivity (Wildman–Crippen MR) is 96.5 cm³/mol. The molecule has 0 bridgehead atoms. The van der Waals surface area contributed by atoms with Crippen molar-refractivity contribution >= 4 is 17.8 Å². The van der Waals surface area contributed by atoms with E-state index in [1.807, 2.05) is 19.1 Å². The zero-order chi connectivity index (χ0) is 20.8. The van der Waals surface area contributed by atoms with Gasteiger partial charge in [0, 0.05) is 5.56 Å². The third-order valence-corrected chi connectivity index (χ3v) is 3.81. The summed E-state index contributed by atoms with van der Waals surface area (Å²) in [6, 6.07) is 8.46. The van der Waals surface area contributed by atoms with Gasteiger partial charge in [-0.05, 0) is 56.2 Å². The summed E-state index contributed by atoms with van der Waals surface area (Å²) in [5.74, 6) is -2.34. The number of imide groups is 1. The fourth-order valence-electron chi connectivity index (χ4n) is 2.73. The fourth-order valence-corrected chi connectivity index (χ4v) is 2.73. The first-order chi connectivity index (χ1) is 13.2. The Kier molecular flexibility index (Phi) is 6.81. The summed E-state index contributed by atoms with van der Waals surface area (Å²) in [5, 5.41) is 2.06. The first-order valence-electron chi connectivity index (χ1n) is 8.31. The molecule has 0 radical (unpaired) electrons. The molecule has 1 N–H and O–H groups in total. The third kappa shape index (κ3) is 5.60. The van der Waals surface area contributed by atoms with E-state index >= 15 is 0 Å². The minimum absolute atomic E-state index is 0.0616. The lowest BCUT2D eigenvalue weighted by Gasteiger charge is -2.11. The number of ether oxygens (including phenoxy) is 2. The van der Waals surface area contributed by atoms with E-state index in [9.17, 15) is 23.2 Å². The van der Waals surface area contributed by atoms with Crippen molar-refractivity contribution < 1.29 is 32.6 Å².